The van der Waals surface area contributed by atoms with Crippen molar-refractivity contribution in [3.63, 3.8) is 0 Å². The quantitative estimate of drug-likeness (QED) is 0.192. The number of aromatic nitrogens is 2. The molecule has 0 aliphatic rings. The van der Waals surface area contributed by atoms with Gasteiger partial charge in [0.1, 0.15) is 0 Å². The molecular formula is C20H21N3OS3. The Hall–Kier alpha value is -1.83. The van der Waals surface area contributed by atoms with Crippen molar-refractivity contribution in [3.8, 4) is 0 Å². The van der Waals surface area contributed by atoms with Crippen molar-refractivity contribution in [3.05, 3.63) is 47.3 Å². The molecule has 2 aromatic heterocycles. The van der Waals surface area contributed by atoms with E-state index in [0.29, 0.717) is 11.5 Å². The number of para-hydroxylation sites is 2. The molecule has 0 atom stereocenters. The molecule has 4 rings (SSSR count). The minimum absolute atomic E-state index is 0.480. The molecule has 4 aromatic rings. The summed E-state index contributed by atoms with van der Waals surface area (Å²) in [5.74, 6) is 1.14. The number of rotatable bonds is 8. The lowest BCUT2D eigenvalue weighted by molar-refractivity contribution is 0.546. The molecule has 1 N–H and O–H groups in total. The molecule has 0 amide bonds. The Kier molecular flexibility index (Phi) is 5.80. The van der Waals surface area contributed by atoms with Gasteiger partial charge in [-0.1, -0.05) is 43.7 Å². The number of hydrogen-bond donors (Lipinski definition) is 1. The molecule has 0 fully saturated rings. The second-order valence-corrected chi connectivity index (χ2v) is 9.04. The topological polar surface area (TPSA) is 43.0 Å². The van der Waals surface area contributed by atoms with Gasteiger partial charge < -0.3 is 9.73 Å². The van der Waals surface area contributed by atoms with Gasteiger partial charge in [0.15, 0.2) is 9.92 Å². The van der Waals surface area contributed by atoms with Gasteiger partial charge in [0.05, 0.1) is 22.4 Å². The Morgan fingerprint density at radius 2 is 2.11 bits per heavy atom. The highest BCUT2D eigenvalue weighted by molar-refractivity contribution is 8.01. The number of anilines is 1. The number of fused-ring (bicyclic) bond motifs is 2. The van der Waals surface area contributed by atoms with Gasteiger partial charge in [0.2, 0.25) is 0 Å². The van der Waals surface area contributed by atoms with Gasteiger partial charge in [0.25, 0.3) is 4.84 Å². The van der Waals surface area contributed by atoms with Crippen molar-refractivity contribution in [2.24, 2.45) is 0 Å². The molecular weight excluding hydrogens is 394 g/mol. The summed E-state index contributed by atoms with van der Waals surface area (Å²) in [5, 5.41) is 3.45. The van der Waals surface area contributed by atoms with Gasteiger partial charge >= 0.3 is 0 Å². The molecule has 0 aliphatic heterocycles. The third-order valence-corrected chi connectivity index (χ3v) is 6.91. The summed E-state index contributed by atoms with van der Waals surface area (Å²) in [7, 11) is 0. The summed E-state index contributed by atoms with van der Waals surface area (Å²) in [6.07, 6.45) is 3.80. The first-order chi connectivity index (χ1) is 13.2. The first-order valence-corrected chi connectivity index (χ1v) is 11.3. The van der Waals surface area contributed by atoms with E-state index in [9.17, 15) is 0 Å². The molecule has 0 saturated heterocycles. The maximum absolute atomic E-state index is 5.64. The highest BCUT2D eigenvalue weighted by atomic mass is 32.2. The Labute approximate surface area is 171 Å². The number of nitrogens with zero attached hydrogens (tertiary/aromatic N) is 2. The number of thioether (sulfide) groups is 1. The SMILES string of the molecule is CCCCCSc1nc2ccc(NCn3c(=S)oc4ccccc43)cc2s1. The van der Waals surface area contributed by atoms with Gasteiger partial charge in [0, 0.05) is 11.4 Å². The van der Waals surface area contributed by atoms with Crippen LogP contribution in [0.5, 0.6) is 0 Å². The Balaban J connectivity index is 1.47. The molecule has 0 aliphatic carbocycles. The van der Waals surface area contributed by atoms with Gasteiger partial charge in [-0.3, -0.25) is 4.57 Å². The van der Waals surface area contributed by atoms with E-state index in [0.717, 1.165) is 32.4 Å². The van der Waals surface area contributed by atoms with E-state index < -0.39 is 0 Å². The van der Waals surface area contributed by atoms with Crippen molar-refractivity contribution in [1.82, 2.24) is 9.55 Å². The van der Waals surface area contributed by atoms with E-state index in [1.54, 1.807) is 11.3 Å². The Morgan fingerprint density at radius 3 is 3.00 bits per heavy atom. The van der Waals surface area contributed by atoms with E-state index in [1.165, 1.54) is 24.0 Å². The average molecular weight is 416 g/mol. The van der Waals surface area contributed by atoms with Crippen LogP contribution < -0.4 is 5.32 Å². The fourth-order valence-corrected chi connectivity index (χ4v) is 5.35. The molecule has 7 heteroatoms. The van der Waals surface area contributed by atoms with Gasteiger partial charge in [-0.2, -0.15) is 0 Å². The predicted molar refractivity (Wildman–Crippen MR) is 119 cm³/mol. The van der Waals surface area contributed by atoms with E-state index in [4.69, 9.17) is 21.6 Å². The lowest BCUT2D eigenvalue weighted by atomic mass is 10.3. The van der Waals surface area contributed by atoms with E-state index in [1.807, 2.05) is 40.6 Å². The lowest BCUT2D eigenvalue weighted by Crippen LogP contribution is -2.07. The molecule has 0 unspecified atom stereocenters. The van der Waals surface area contributed by atoms with Crippen molar-refractivity contribution in [2.45, 2.75) is 37.2 Å². The largest absolute Gasteiger partial charge is 0.429 e. The first kappa shape index (κ1) is 18.5. The van der Waals surface area contributed by atoms with Gasteiger partial charge in [-0.25, -0.2) is 4.98 Å². The van der Waals surface area contributed by atoms with E-state index in [-0.39, 0.29) is 0 Å². The zero-order chi connectivity index (χ0) is 18.6. The smallest absolute Gasteiger partial charge is 0.271 e. The molecule has 0 saturated carbocycles. The molecule has 140 valence electrons. The normalized spacial score (nSPS) is 11.4. The highest BCUT2D eigenvalue weighted by Gasteiger charge is 2.08. The van der Waals surface area contributed by atoms with Crippen molar-refractivity contribution in [1.29, 1.82) is 0 Å². The van der Waals surface area contributed by atoms with Gasteiger partial charge in [-0.05, 0) is 49.0 Å². The second kappa shape index (κ2) is 8.46. The van der Waals surface area contributed by atoms with Crippen LogP contribution in [0.2, 0.25) is 0 Å². The van der Waals surface area contributed by atoms with Crippen molar-refractivity contribution >= 4 is 62.3 Å². The highest BCUT2D eigenvalue weighted by Crippen LogP contribution is 2.32. The summed E-state index contributed by atoms with van der Waals surface area (Å²) in [6, 6.07) is 14.2. The van der Waals surface area contributed by atoms with Crippen LogP contribution in [0.25, 0.3) is 21.3 Å². The zero-order valence-corrected chi connectivity index (χ0v) is 17.6. The fourth-order valence-electron chi connectivity index (χ4n) is 2.92. The number of unbranched alkanes of at least 4 members (excludes halogenated alkanes) is 2. The number of oxazole rings is 1. The van der Waals surface area contributed by atoms with Crippen molar-refractivity contribution < 1.29 is 4.42 Å². The minimum Gasteiger partial charge on any atom is -0.429 e. The standard InChI is InChI=1S/C20H21N3OS3/c1-2-3-6-11-26-19-22-15-10-9-14(12-18(15)27-19)21-13-23-16-7-4-5-8-17(16)24-20(23)25/h4-5,7-10,12,21H,2-3,6,11,13H2,1H3. The fraction of sp³-hybridized carbons (Fsp3) is 0.300. The number of benzene rings is 2. The third-order valence-electron chi connectivity index (χ3n) is 4.36. The van der Waals surface area contributed by atoms with Crippen LogP contribution in [0, 0.1) is 4.84 Å². The van der Waals surface area contributed by atoms with Gasteiger partial charge in [-0.15, -0.1) is 11.3 Å². The van der Waals surface area contributed by atoms with Crippen LogP contribution in [0.4, 0.5) is 5.69 Å². The predicted octanol–water partition coefficient (Wildman–Crippen LogP) is 6.93. The molecule has 0 spiro atoms. The molecule has 2 aromatic carbocycles. The number of thiazole rings is 1. The summed E-state index contributed by atoms with van der Waals surface area (Å²) < 4.78 is 9.97. The molecule has 0 radical (unpaired) electrons. The van der Waals surface area contributed by atoms with E-state index in [2.05, 4.69) is 30.4 Å². The monoisotopic (exact) mass is 415 g/mol. The first-order valence-electron chi connectivity index (χ1n) is 9.10. The molecule has 0 bridgehead atoms. The maximum Gasteiger partial charge on any atom is 0.271 e. The Bertz CT molecular complexity index is 1110. The number of hydrogen-bond acceptors (Lipinski definition) is 6. The average Bonchev–Trinajstić information content (AvgIpc) is 3.22. The lowest BCUT2D eigenvalue weighted by Gasteiger charge is -2.07. The molecule has 4 nitrogen and oxygen atoms in total. The van der Waals surface area contributed by atoms with Crippen LogP contribution in [0.15, 0.2) is 51.2 Å². The molecule has 27 heavy (non-hydrogen) atoms. The van der Waals surface area contributed by atoms with Crippen molar-refractivity contribution in [2.75, 3.05) is 11.1 Å². The van der Waals surface area contributed by atoms with E-state index >= 15 is 0 Å². The van der Waals surface area contributed by atoms with Crippen LogP contribution >= 0.6 is 35.3 Å². The summed E-state index contributed by atoms with van der Waals surface area (Å²) in [6.45, 7) is 2.80. The summed E-state index contributed by atoms with van der Waals surface area (Å²) in [5.41, 5.74) is 3.93. The summed E-state index contributed by atoms with van der Waals surface area (Å²) >= 11 is 8.98. The summed E-state index contributed by atoms with van der Waals surface area (Å²) in [4.78, 5) is 5.21. The second-order valence-electron chi connectivity index (χ2n) is 6.32. The van der Waals surface area contributed by atoms with Crippen LogP contribution in [-0.2, 0) is 6.67 Å². The van der Waals surface area contributed by atoms with Crippen LogP contribution in [-0.4, -0.2) is 15.3 Å². The van der Waals surface area contributed by atoms with Crippen LogP contribution in [0.1, 0.15) is 26.2 Å². The third kappa shape index (κ3) is 4.20. The molecule has 2 heterocycles. The number of nitrogens with one attached hydrogen (secondary N) is 1. The Morgan fingerprint density at radius 1 is 1.22 bits per heavy atom. The maximum atomic E-state index is 5.64. The van der Waals surface area contributed by atoms with Crippen LogP contribution in [0.3, 0.4) is 0 Å². The zero-order valence-electron chi connectivity index (χ0n) is 15.1. The minimum atomic E-state index is 0.480.